The van der Waals surface area contributed by atoms with Crippen LogP contribution < -0.4 is 5.32 Å². The van der Waals surface area contributed by atoms with Crippen molar-refractivity contribution >= 4 is 0 Å². The highest BCUT2D eigenvalue weighted by Crippen LogP contribution is 2.37. The van der Waals surface area contributed by atoms with E-state index in [4.69, 9.17) is 0 Å². The normalized spacial score (nSPS) is 39.1. The van der Waals surface area contributed by atoms with Crippen molar-refractivity contribution in [3.8, 4) is 6.07 Å². The van der Waals surface area contributed by atoms with Crippen molar-refractivity contribution in [2.24, 2.45) is 0 Å². The van der Waals surface area contributed by atoms with Gasteiger partial charge in [-0.05, 0) is 65.7 Å². The van der Waals surface area contributed by atoms with Crippen molar-refractivity contribution in [2.75, 3.05) is 0 Å². The van der Waals surface area contributed by atoms with Crippen molar-refractivity contribution in [3.05, 3.63) is 0 Å². The topological polar surface area (TPSA) is 39.1 Å². The van der Waals surface area contributed by atoms with E-state index in [9.17, 15) is 5.26 Å². The first-order valence-electron chi connectivity index (χ1n) is 8.47. The van der Waals surface area contributed by atoms with Gasteiger partial charge in [0.05, 0.1) is 6.07 Å². The molecule has 3 nitrogen and oxygen atoms in total. The molecule has 0 aromatic heterocycles. The van der Waals surface area contributed by atoms with Gasteiger partial charge < -0.3 is 0 Å². The Balaban J connectivity index is 2.11. The fraction of sp³-hybridized carbons (Fsp3) is 0.941. The molecule has 2 fully saturated rings. The highest BCUT2D eigenvalue weighted by atomic mass is 15.2. The summed E-state index contributed by atoms with van der Waals surface area (Å²) in [6, 6.07) is 5.02. The third kappa shape index (κ3) is 3.18. The maximum Gasteiger partial charge on any atom is 0.108 e. The van der Waals surface area contributed by atoms with Crippen LogP contribution in [0.2, 0.25) is 0 Å². The first kappa shape index (κ1) is 15.8. The van der Waals surface area contributed by atoms with Crippen LogP contribution in [0, 0.1) is 11.3 Å². The second-order valence-electron chi connectivity index (χ2n) is 7.18. The number of nitriles is 1. The molecule has 4 unspecified atom stereocenters. The standard InChI is InChI=1S/C17H31N3/c1-5-15-9-8-14(4)20(15)16-7-6-10-17(11-16,12-18)19-13(2)3/h13-16,19H,5-11H2,1-4H3. The number of nitrogens with zero attached hydrogens (tertiary/aromatic N) is 2. The largest absolute Gasteiger partial charge is 0.297 e. The number of rotatable bonds is 4. The maximum absolute atomic E-state index is 9.71. The van der Waals surface area contributed by atoms with Gasteiger partial charge in [0, 0.05) is 24.2 Å². The lowest BCUT2D eigenvalue weighted by molar-refractivity contribution is 0.0762. The lowest BCUT2D eigenvalue weighted by Crippen LogP contribution is -2.56. The van der Waals surface area contributed by atoms with Gasteiger partial charge in [-0.2, -0.15) is 5.26 Å². The summed E-state index contributed by atoms with van der Waals surface area (Å²) in [4.78, 5) is 2.74. The van der Waals surface area contributed by atoms with Crippen LogP contribution >= 0.6 is 0 Å². The molecule has 1 heterocycles. The minimum Gasteiger partial charge on any atom is -0.297 e. The number of nitrogens with one attached hydrogen (secondary N) is 1. The Kier molecular flexibility index (Phi) is 5.09. The Hall–Kier alpha value is -0.590. The Labute approximate surface area is 124 Å². The highest BCUT2D eigenvalue weighted by molar-refractivity contribution is 5.12. The third-order valence-corrected chi connectivity index (χ3v) is 5.25. The van der Waals surface area contributed by atoms with E-state index in [1.54, 1.807) is 0 Å². The van der Waals surface area contributed by atoms with E-state index in [1.165, 1.54) is 32.1 Å². The molecule has 1 aliphatic heterocycles. The molecule has 0 aromatic rings. The summed E-state index contributed by atoms with van der Waals surface area (Å²) in [6.45, 7) is 8.97. The first-order valence-corrected chi connectivity index (χ1v) is 8.47. The minimum absolute atomic E-state index is 0.294. The van der Waals surface area contributed by atoms with Gasteiger partial charge in [-0.25, -0.2) is 0 Å². The summed E-state index contributed by atoms with van der Waals surface area (Å²) in [5, 5.41) is 13.3. The molecule has 0 aromatic carbocycles. The van der Waals surface area contributed by atoms with Crippen LogP contribution in [0.5, 0.6) is 0 Å². The van der Waals surface area contributed by atoms with Crippen molar-refractivity contribution in [1.29, 1.82) is 5.26 Å². The monoisotopic (exact) mass is 277 g/mol. The van der Waals surface area contributed by atoms with Gasteiger partial charge in [0.1, 0.15) is 5.54 Å². The summed E-state index contributed by atoms with van der Waals surface area (Å²) in [7, 11) is 0. The molecule has 0 radical (unpaired) electrons. The zero-order valence-corrected chi connectivity index (χ0v) is 13.7. The average molecular weight is 277 g/mol. The molecular weight excluding hydrogens is 246 g/mol. The molecule has 1 saturated carbocycles. The zero-order valence-electron chi connectivity index (χ0n) is 13.7. The van der Waals surface area contributed by atoms with Crippen LogP contribution in [-0.2, 0) is 0 Å². The predicted molar refractivity (Wildman–Crippen MR) is 83.5 cm³/mol. The van der Waals surface area contributed by atoms with Gasteiger partial charge >= 0.3 is 0 Å². The number of likely N-dealkylation sites (tertiary alicyclic amines) is 1. The molecule has 1 aliphatic carbocycles. The molecule has 1 saturated heterocycles. The minimum atomic E-state index is -0.294. The van der Waals surface area contributed by atoms with Gasteiger partial charge in [0.15, 0.2) is 0 Å². The third-order valence-electron chi connectivity index (χ3n) is 5.25. The van der Waals surface area contributed by atoms with E-state index in [-0.39, 0.29) is 5.54 Å². The second kappa shape index (κ2) is 6.45. The summed E-state index contributed by atoms with van der Waals surface area (Å²) in [6.07, 6.45) is 8.37. The van der Waals surface area contributed by atoms with Gasteiger partial charge in [-0.15, -0.1) is 0 Å². The Bertz CT molecular complexity index is 360. The molecule has 0 spiro atoms. The Morgan fingerprint density at radius 2 is 2.10 bits per heavy atom. The smallest absolute Gasteiger partial charge is 0.108 e. The maximum atomic E-state index is 9.71. The molecule has 0 amide bonds. The van der Waals surface area contributed by atoms with E-state index in [2.05, 4.69) is 44.0 Å². The van der Waals surface area contributed by atoms with Crippen LogP contribution in [0.1, 0.15) is 72.6 Å². The fourth-order valence-corrected chi connectivity index (χ4v) is 4.48. The second-order valence-corrected chi connectivity index (χ2v) is 7.18. The molecule has 20 heavy (non-hydrogen) atoms. The van der Waals surface area contributed by atoms with Crippen LogP contribution in [0.15, 0.2) is 0 Å². The summed E-state index contributed by atoms with van der Waals surface area (Å²) < 4.78 is 0. The van der Waals surface area contributed by atoms with Crippen LogP contribution in [0.4, 0.5) is 0 Å². The van der Waals surface area contributed by atoms with Gasteiger partial charge in [-0.3, -0.25) is 10.2 Å². The van der Waals surface area contributed by atoms with Crippen LogP contribution in [0.3, 0.4) is 0 Å². The fourth-order valence-electron chi connectivity index (χ4n) is 4.48. The summed E-state index contributed by atoms with van der Waals surface area (Å²) >= 11 is 0. The Morgan fingerprint density at radius 3 is 2.70 bits per heavy atom. The van der Waals surface area contributed by atoms with E-state index in [0.29, 0.717) is 18.1 Å². The van der Waals surface area contributed by atoms with Crippen molar-refractivity contribution in [2.45, 2.75) is 102 Å². The SMILES string of the molecule is CCC1CCC(C)N1C1CCCC(C#N)(NC(C)C)C1. The van der Waals surface area contributed by atoms with E-state index < -0.39 is 0 Å². The van der Waals surface area contributed by atoms with E-state index >= 15 is 0 Å². The Morgan fingerprint density at radius 1 is 1.35 bits per heavy atom. The van der Waals surface area contributed by atoms with Crippen molar-refractivity contribution in [1.82, 2.24) is 10.2 Å². The molecule has 4 atom stereocenters. The summed E-state index contributed by atoms with van der Waals surface area (Å²) in [5.74, 6) is 0. The lowest BCUT2D eigenvalue weighted by Gasteiger charge is -2.44. The van der Waals surface area contributed by atoms with Crippen LogP contribution in [-0.4, -0.2) is 34.6 Å². The lowest BCUT2D eigenvalue weighted by atomic mass is 9.78. The number of hydrogen-bond acceptors (Lipinski definition) is 3. The molecule has 2 aliphatic rings. The first-order chi connectivity index (χ1) is 9.51. The molecule has 0 bridgehead atoms. The zero-order chi connectivity index (χ0) is 14.8. The number of hydrogen-bond donors (Lipinski definition) is 1. The van der Waals surface area contributed by atoms with E-state index in [0.717, 1.165) is 18.9 Å². The van der Waals surface area contributed by atoms with Crippen molar-refractivity contribution in [3.63, 3.8) is 0 Å². The van der Waals surface area contributed by atoms with Gasteiger partial charge in [0.25, 0.3) is 0 Å². The van der Waals surface area contributed by atoms with Gasteiger partial charge in [0.2, 0.25) is 0 Å². The summed E-state index contributed by atoms with van der Waals surface area (Å²) in [5.41, 5.74) is -0.294. The predicted octanol–water partition coefficient (Wildman–Crippen LogP) is 3.45. The average Bonchev–Trinajstić information content (AvgIpc) is 2.79. The van der Waals surface area contributed by atoms with Crippen LogP contribution in [0.25, 0.3) is 0 Å². The molecule has 114 valence electrons. The molecule has 2 rings (SSSR count). The van der Waals surface area contributed by atoms with Crippen molar-refractivity contribution < 1.29 is 0 Å². The highest BCUT2D eigenvalue weighted by Gasteiger charge is 2.43. The molecular formula is C17H31N3. The quantitative estimate of drug-likeness (QED) is 0.855. The molecule has 3 heteroatoms. The van der Waals surface area contributed by atoms with Gasteiger partial charge in [-0.1, -0.05) is 6.92 Å². The molecule has 1 N–H and O–H groups in total. The van der Waals surface area contributed by atoms with E-state index in [1.807, 2.05) is 0 Å².